The summed E-state index contributed by atoms with van der Waals surface area (Å²) in [7, 11) is 2.17. The van der Waals surface area contributed by atoms with Gasteiger partial charge in [-0.25, -0.2) is 0 Å². The Balaban J connectivity index is 1.84. The van der Waals surface area contributed by atoms with Crippen molar-refractivity contribution in [2.24, 2.45) is 4.99 Å². The maximum absolute atomic E-state index is 9.99. The fourth-order valence-corrected chi connectivity index (χ4v) is 5.09. The predicted molar refractivity (Wildman–Crippen MR) is 84.5 cm³/mol. The van der Waals surface area contributed by atoms with Crippen LogP contribution in [0.4, 0.5) is 0 Å². The number of likely N-dealkylation sites (N-methyl/N-ethyl adjacent to an activating group) is 1. The quantitative estimate of drug-likeness (QED) is 0.909. The Morgan fingerprint density at radius 3 is 3.00 bits per heavy atom. The van der Waals surface area contributed by atoms with Crippen LogP contribution >= 0.6 is 23.5 Å². The molecule has 5 heteroatoms. The Morgan fingerprint density at radius 2 is 2.26 bits per heavy atom. The van der Waals surface area contributed by atoms with Gasteiger partial charge in [-0.1, -0.05) is 11.6 Å². The van der Waals surface area contributed by atoms with Crippen molar-refractivity contribution in [1.29, 1.82) is 0 Å². The second-order valence-corrected chi connectivity index (χ2v) is 7.31. The van der Waals surface area contributed by atoms with E-state index in [9.17, 15) is 5.11 Å². The highest BCUT2D eigenvalue weighted by Crippen LogP contribution is 2.35. The van der Waals surface area contributed by atoms with Crippen LogP contribution in [-0.4, -0.2) is 51.6 Å². The number of phenolic OH excluding ortho intramolecular Hbond substituents is 1. The molecule has 0 aliphatic carbocycles. The largest absolute Gasteiger partial charge is 0.507 e. The van der Waals surface area contributed by atoms with Crippen LogP contribution in [0.2, 0.25) is 0 Å². The first-order chi connectivity index (χ1) is 9.15. The van der Waals surface area contributed by atoms with Gasteiger partial charge in [0, 0.05) is 23.6 Å². The zero-order valence-corrected chi connectivity index (χ0v) is 12.8. The van der Waals surface area contributed by atoms with Crippen molar-refractivity contribution in [3.63, 3.8) is 0 Å². The molecule has 1 N–H and O–H groups in total. The lowest BCUT2D eigenvalue weighted by Gasteiger charge is -2.21. The first-order valence-corrected chi connectivity index (χ1v) is 8.51. The van der Waals surface area contributed by atoms with Gasteiger partial charge < -0.3 is 5.11 Å². The van der Waals surface area contributed by atoms with Crippen LogP contribution in [0.15, 0.2) is 23.2 Å². The SMILES string of the molecule is Cc1ccc(O)c(C2=N[C@H]([C@H]3SCCN3C)CS2)c1. The van der Waals surface area contributed by atoms with E-state index in [0.29, 0.717) is 17.2 Å². The van der Waals surface area contributed by atoms with Crippen molar-refractivity contribution in [1.82, 2.24) is 4.90 Å². The molecule has 2 heterocycles. The Kier molecular flexibility index (Phi) is 3.78. The van der Waals surface area contributed by atoms with Gasteiger partial charge in [0.25, 0.3) is 0 Å². The van der Waals surface area contributed by atoms with Crippen LogP contribution < -0.4 is 0 Å². The molecule has 3 rings (SSSR count). The summed E-state index contributed by atoms with van der Waals surface area (Å²) in [6.07, 6.45) is 0. The molecule has 0 unspecified atom stereocenters. The molecule has 102 valence electrons. The number of hydrogen-bond acceptors (Lipinski definition) is 5. The summed E-state index contributed by atoms with van der Waals surface area (Å²) in [5, 5.41) is 11.5. The fraction of sp³-hybridized carbons (Fsp3) is 0.500. The average Bonchev–Trinajstić information content (AvgIpc) is 3.00. The number of thioether (sulfide) groups is 2. The van der Waals surface area contributed by atoms with Crippen molar-refractivity contribution in [3.05, 3.63) is 29.3 Å². The van der Waals surface area contributed by atoms with Crippen molar-refractivity contribution in [3.8, 4) is 5.75 Å². The number of phenols is 1. The standard InChI is InChI=1S/C14H18N2OS2/c1-9-3-4-12(17)10(7-9)13-15-11(8-19-13)14-16(2)5-6-18-14/h3-4,7,11,14,17H,5-6,8H2,1-2H3/t11-,14+/m0/s1. The molecule has 0 saturated carbocycles. The van der Waals surface area contributed by atoms with Crippen molar-refractivity contribution in [2.75, 3.05) is 25.1 Å². The molecule has 0 radical (unpaired) electrons. The minimum atomic E-state index is 0.338. The first-order valence-electron chi connectivity index (χ1n) is 6.47. The lowest BCUT2D eigenvalue weighted by Crippen LogP contribution is -2.33. The summed E-state index contributed by atoms with van der Waals surface area (Å²) in [5.41, 5.74) is 2.05. The van der Waals surface area contributed by atoms with Gasteiger partial charge in [-0.2, -0.15) is 0 Å². The van der Waals surface area contributed by atoms with Crippen LogP contribution in [0, 0.1) is 6.92 Å². The molecule has 1 saturated heterocycles. The lowest BCUT2D eigenvalue weighted by atomic mass is 10.1. The van der Waals surface area contributed by atoms with E-state index in [4.69, 9.17) is 4.99 Å². The highest BCUT2D eigenvalue weighted by atomic mass is 32.2. The minimum Gasteiger partial charge on any atom is -0.507 e. The highest BCUT2D eigenvalue weighted by Gasteiger charge is 2.33. The van der Waals surface area contributed by atoms with Gasteiger partial charge in [-0.15, -0.1) is 23.5 Å². The number of hydrogen-bond donors (Lipinski definition) is 1. The van der Waals surface area contributed by atoms with E-state index in [0.717, 1.165) is 28.5 Å². The Labute approximate surface area is 122 Å². The molecule has 1 aromatic carbocycles. The normalized spacial score (nSPS) is 27.8. The third kappa shape index (κ3) is 2.64. The van der Waals surface area contributed by atoms with Gasteiger partial charge in [-0.05, 0) is 26.1 Å². The molecule has 1 fully saturated rings. The number of nitrogens with zero attached hydrogens (tertiary/aromatic N) is 2. The van der Waals surface area contributed by atoms with Gasteiger partial charge in [0.1, 0.15) is 10.8 Å². The molecule has 2 aliphatic rings. The molecular formula is C14H18N2OS2. The third-order valence-corrected chi connectivity index (χ3v) is 6.09. The van der Waals surface area contributed by atoms with Gasteiger partial charge in [-0.3, -0.25) is 9.89 Å². The second kappa shape index (κ2) is 5.38. The fourth-order valence-electron chi connectivity index (χ4n) is 2.48. The summed E-state index contributed by atoms with van der Waals surface area (Å²) in [5.74, 6) is 2.55. The maximum Gasteiger partial charge on any atom is 0.125 e. The highest BCUT2D eigenvalue weighted by molar-refractivity contribution is 8.14. The van der Waals surface area contributed by atoms with Crippen LogP contribution in [0.1, 0.15) is 11.1 Å². The van der Waals surface area contributed by atoms with E-state index in [1.54, 1.807) is 17.8 Å². The molecule has 2 atom stereocenters. The number of aryl methyl sites for hydroxylation is 1. The molecular weight excluding hydrogens is 276 g/mol. The first kappa shape index (κ1) is 13.3. The summed E-state index contributed by atoms with van der Waals surface area (Å²) in [6, 6.07) is 6.06. The summed E-state index contributed by atoms with van der Waals surface area (Å²) in [4.78, 5) is 7.24. The van der Waals surface area contributed by atoms with E-state index in [1.807, 2.05) is 30.8 Å². The van der Waals surface area contributed by atoms with Crippen LogP contribution in [-0.2, 0) is 0 Å². The van der Waals surface area contributed by atoms with E-state index >= 15 is 0 Å². The predicted octanol–water partition coefficient (Wildman–Crippen LogP) is 2.57. The summed E-state index contributed by atoms with van der Waals surface area (Å²) < 4.78 is 0. The monoisotopic (exact) mass is 294 g/mol. The molecule has 0 bridgehead atoms. The molecule has 0 aromatic heterocycles. The van der Waals surface area contributed by atoms with Crippen LogP contribution in [0.5, 0.6) is 5.75 Å². The smallest absolute Gasteiger partial charge is 0.125 e. The molecule has 3 nitrogen and oxygen atoms in total. The second-order valence-electron chi connectivity index (χ2n) is 5.08. The minimum absolute atomic E-state index is 0.338. The van der Waals surface area contributed by atoms with Crippen molar-refractivity contribution in [2.45, 2.75) is 18.3 Å². The Morgan fingerprint density at radius 1 is 1.42 bits per heavy atom. The number of benzene rings is 1. The summed E-state index contributed by atoms with van der Waals surface area (Å²) in [6.45, 7) is 3.19. The molecule has 19 heavy (non-hydrogen) atoms. The van der Waals surface area contributed by atoms with Gasteiger partial charge in [0.15, 0.2) is 0 Å². The Hall–Kier alpha value is -0.650. The van der Waals surface area contributed by atoms with E-state index in [-0.39, 0.29) is 0 Å². The third-order valence-electron chi connectivity index (χ3n) is 3.55. The summed E-state index contributed by atoms with van der Waals surface area (Å²) >= 11 is 3.76. The average molecular weight is 294 g/mol. The zero-order chi connectivity index (χ0) is 13.4. The Bertz CT molecular complexity index is 518. The van der Waals surface area contributed by atoms with Gasteiger partial charge in [0.2, 0.25) is 0 Å². The number of aliphatic imine (C=N–C) groups is 1. The topological polar surface area (TPSA) is 35.8 Å². The zero-order valence-electron chi connectivity index (χ0n) is 11.2. The van der Waals surface area contributed by atoms with Crippen LogP contribution in [0.3, 0.4) is 0 Å². The van der Waals surface area contributed by atoms with Gasteiger partial charge in [0.05, 0.1) is 11.4 Å². The van der Waals surface area contributed by atoms with E-state index in [1.165, 1.54) is 5.75 Å². The van der Waals surface area contributed by atoms with E-state index in [2.05, 4.69) is 11.9 Å². The van der Waals surface area contributed by atoms with Crippen molar-refractivity contribution >= 4 is 28.6 Å². The lowest BCUT2D eigenvalue weighted by molar-refractivity contribution is 0.328. The molecule has 2 aliphatic heterocycles. The van der Waals surface area contributed by atoms with Gasteiger partial charge >= 0.3 is 0 Å². The molecule has 0 spiro atoms. The van der Waals surface area contributed by atoms with E-state index < -0.39 is 0 Å². The number of rotatable bonds is 2. The molecule has 0 amide bonds. The van der Waals surface area contributed by atoms with Crippen LogP contribution in [0.25, 0.3) is 0 Å². The van der Waals surface area contributed by atoms with Crippen molar-refractivity contribution < 1.29 is 5.11 Å². The maximum atomic E-state index is 9.99. The molecule has 1 aromatic rings. The number of aromatic hydroxyl groups is 1.